The molecule has 17 heavy (non-hydrogen) atoms. The molecule has 1 aromatic rings. The number of nitrogens with one attached hydrogen (secondary N) is 1. The summed E-state index contributed by atoms with van der Waals surface area (Å²) < 4.78 is 0. The van der Waals surface area contributed by atoms with Crippen molar-refractivity contribution >= 4 is 0 Å². The zero-order chi connectivity index (χ0) is 12.3. The van der Waals surface area contributed by atoms with Crippen molar-refractivity contribution in [1.29, 1.82) is 0 Å². The van der Waals surface area contributed by atoms with Gasteiger partial charge in [0.2, 0.25) is 0 Å². The molecule has 2 rings (SSSR count). The molecule has 0 aliphatic carbocycles. The van der Waals surface area contributed by atoms with Crippen molar-refractivity contribution in [3.05, 3.63) is 35.9 Å². The van der Waals surface area contributed by atoms with Crippen LogP contribution in [0.4, 0.5) is 0 Å². The predicted octanol–water partition coefficient (Wildman–Crippen LogP) is 2.68. The van der Waals surface area contributed by atoms with Crippen molar-refractivity contribution in [3.63, 3.8) is 0 Å². The molecule has 2 unspecified atom stereocenters. The summed E-state index contributed by atoms with van der Waals surface area (Å²) in [7, 11) is 0. The van der Waals surface area contributed by atoms with Crippen molar-refractivity contribution in [3.8, 4) is 0 Å². The molecular formula is C15H24N2. The quantitative estimate of drug-likeness (QED) is 0.862. The minimum Gasteiger partial charge on any atom is -0.311 e. The Bertz CT molecular complexity index is 334. The third-order valence-corrected chi connectivity index (χ3v) is 3.84. The van der Waals surface area contributed by atoms with Gasteiger partial charge >= 0.3 is 0 Å². The maximum absolute atomic E-state index is 3.69. The van der Waals surface area contributed by atoms with Gasteiger partial charge < -0.3 is 5.32 Å². The van der Waals surface area contributed by atoms with Crippen molar-refractivity contribution in [2.75, 3.05) is 19.6 Å². The second kappa shape index (κ2) is 5.65. The van der Waals surface area contributed by atoms with Crippen molar-refractivity contribution in [1.82, 2.24) is 10.2 Å². The maximum atomic E-state index is 3.69. The van der Waals surface area contributed by atoms with Gasteiger partial charge in [0, 0.05) is 25.2 Å². The molecule has 0 saturated carbocycles. The van der Waals surface area contributed by atoms with Gasteiger partial charge in [0.15, 0.2) is 0 Å². The van der Waals surface area contributed by atoms with Gasteiger partial charge in [0.05, 0.1) is 0 Å². The predicted molar refractivity (Wildman–Crippen MR) is 73.1 cm³/mol. The number of hydrogen-bond donors (Lipinski definition) is 1. The summed E-state index contributed by atoms with van der Waals surface area (Å²) in [5.41, 5.74) is 1.43. The monoisotopic (exact) mass is 232 g/mol. The van der Waals surface area contributed by atoms with E-state index in [-0.39, 0.29) is 0 Å². The van der Waals surface area contributed by atoms with E-state index >= 15 is 0 Å². The highest BCUT2D eigenvalue weighted by molar-refractivity contribution is 5.20. The SMILES string of the molecule is CCN1CC(C(C)C)NCC1c1ccccc1. The Morgan fingerprint density at radius 3 is 2.59 bits per heavy atom. The van der Waals surface area contributed by atoms with Gasteiger partial charge in [-0.15, -0.1) is 0 Å². The first-order valence-electron chi connectivity index (χ1n) is 6.74. The van der Waals surface area contributed by atoms with Crippen LogP contribution in [-0.2, 0) is 0 Å². The number of hydrogen-bond acceptors (Lipinski definition) is 2. The Morgan fingerprint density at radius 2 is 2.00 bits per heavy atom. The molecule has 1 N–H and O–H groups in total. The maximum Gasteiger partial charge on any atom is 0.0473 e. The van der Waals surface area contributed by atoms with Crippen molar-refractivity contribution in [2.45, 2.75) is 32.9 Å². The van der Waals surface area contributed by atoms with Gasteiger partial charge in [0.25, 0.3) is 0 Å². The second-order valence-corrected chi connectivity index (χ2v) is 5.27. The van der Waals surface area contributed by atoms with Gasteiger partial charge in [-0.2, -0.15) is 0 Å². The van der Waals surface area contributed by atoms with E-state index in [0.29, 0.717) is 18.0 Å². The largest absolute Gasteiger partial charge is 0.311 e. The summed E-state index contributed by atoms with van der Waals surface area (Å²) in [6.07, 6.45) is 0. The summed E-state index contributed by atoms with van der Waals surface area (Å²) in [5, 5.41) is 3.69. The van der Waals surface area contributed by atoms with E-state index in [2.05, 4.69) is 61.3 Å². The molecule has 0 spiro atoms. The minimum absolute atomic E-state index is 0.538. The average molecular weight is 232 g/mol. The molecule has 1 saturated heterocycles. The Morgan fingerprint density at radius 1 is 1.29 bits per heavy atom. The number of nitrogens with zero attached hydrogens (tertiary/aromatic N) is 1. The third kappa shape index (κ3) is 2.88. The number of benzene rings is 1. The molecule has 0 bridgehead atoms. The molecule has 0 amide bonds. The molecule has 2 heteroatoms. The van der Waals surface area contributed by atoms with Crippen LogP contribution in [0.3, 0.4) is 0 Å². The normalized spacial score (nSPS) is 26.4. The molecular weight excluding hydrogens is 208 g/mol. The van der Waals surface area contributed by atoms with Crippen LogP contribution in [0.1, 0.15) is 32.4 Å². The summed E-state index contributed by atoms with van der Waals surface area (Å²) in [6.45, 7) is 10.2. The van der Waals surface area contributed by atoms with E-state index in [9.17, 15) is 0 Å². The summed E-state index contributed by atoms with van der Waals surface area (Å²) in [4.78, 5) is 2.59. The Kier molecular flexibility index (Phi) is 4.19. The topological polar surface area (TPSA) is 15.3 Å². The highest BCUT2D eigenvalue weighted by Crippen LogP contribution is 2.24. The van der Waals surface area contributed by atoms with Crippen LogP contribution in [-0.4, -0.2) is 30.6 Å². The molecule has 94 valence electrons. The lowest BCUT2D eigenvalue weighted by molar-refractivity contribution is 0.119. The Hall–Kier alpha value is -0.860. The summed E-state index contributed by atoms with van der Waals surface area (Å²) in [6, 6.07) is 12.0. The smallest absolute Gasteiger partial charge is 0.0473 e. The highest BCUT2D eigenvalue weighted by atomic mass is 15.2. The fourth-order valence-electron chi connectivity index (χ4n) is 2.64. The van der Waals surface area contributed by atoms with Crippen LogP contribution in [0.5, 0.6) is 0 Å². The number of piperazine rings is 1. The summed E-state index contributed by atoms with van der Waals surface area (Å²) >= 11 is 0. The van der Waals surface area contributed by atoms with E-state index in [0.717, 1.165) is 19.6 Å². The lowest BCUT2D eigenvalue weighted by atomic mass is 9.96. The van der Waals surface area contributed by atoms with E-state index in [4.69, 9.17) is 0 Å². The van der Waals surface area contributed by atoms with Crippen LogP contribution in [0.2, 0.25) is 0 Å². The van der Waals surface area contributed by atoms with E-state index in [1.165, 1.54) is 5.56 Å². The summed E-state index contributed by atoms with van der Waals surface area (Å²) in [5.74, 6) is 0.709. The molecule has 2 nitrogen and oxygen atoms in total. The van der Waals surface area contributed by atoms with E-state index in [1.807, 2.05) is 0 Å². The zero-order valence-corrected chi connectivity index (χ0v) is 11.2. The molecule has 0 radical (unpaired) electrons. The lowest BCUT2D eigenvalue weighted by Gasteiger charge is -2.41. The average Bonchev–Trinajstić information content (AvgIpc) is 2.39. The van der Waals surface area contributed by atoms with Gasteiger partial charge in [-0.3, -0.25) is 4.90 Å². The minimum atomic E-state index is 0.538. The van der Waals surface area contributed by atoms with Crippen LogP contribution >= 0.6 is 0 Å². The number of likely N-dealkylation sites (N-methyl/N-ethyl adjacent to an activating group) is 1. The van der Waals surface area contributed by atoms with Gasteiger partial charge in [-0.05, 0) is 18.0 Å². The van der Waals surface area contributed by atoms with E-state index < -0.39 is 0 Å². The lowest BCUT2D eigenvalue weighted by Crippen LogP contribution is -2.54. The molecule has 1 aliphatic heterocycles. The van der Waals surface area contributed by atoms with Crippen LogP contribution in [0.15, 0.2) is 30.3 Å². The fourth-order valence-corrected chi connectivity index (χ4v) is 2.64. The highest BCUT2D eigenvalue weighted by Gasteiger charge is 2.28. The molecule has 1 heterocycles. The first-order chi connectivity index (χ1) is 8.22. The first kappa shape index (κ1) is 12.6. The second-order valence-electron chi connectivity index (χ2n) is 5.27. The zero-order valence-electron chi connectivity index (χ0n) is 11.2. The standard InChI is InChI=1S/C15H24N2/c1-4-17-11-14(12(2)3)16-10-15(17)13-8-6-5-7-9-13/h5-9,12,14-16H,4,10-11H2,1-3H3. The van der Waals surface area contributed by atoms with Gasteiger partial charge in [0.1, 0.15) is 0 Å². The number of rotatable bonds is 3. The molecule has 2 atom stereocenters. The van der Waals surface area contributed by atoms with Crippen LogP contribution < -0.4 is 5.32 Å². The first-order valence-corrected chi connectivity index (χ1v) is 6.74. The fraction of sp³-hybridized carbons (Fsp3) is 0.600. The molecule has 1 aromatic carbocycles. The Balaban J connectivity index is 2.10. The van der Waals surface area contributed by atoms with Crippen LogP contribution in [0, 0.1) is 5.92 Å². The van der Waals surface area contributed by atoms with Gasteiger partial charge in [-0.1, -0.05) is 51.1 Å². The van der Waals surface area contributed by atoms with Crippen molar-refractivity contribution < 1.29 is 0 Å². The molecule has 1 fully saturated rings. The molecule has 0 aromatic heterocycles. The third-order valence-electron chi connectivity index (χ3n) is 3.84. The molecule has 1 aliphatic rings. The van der Waals surface area contributed by atoms with Gasteiger partial charge in [-0.25, -0.2) is 0 Å². The van der Waals surface area contributed by atoms with Crippen molar-refractivity contribution in [2.24, 2.45) is 5.92 Å². The van der Waals surface area contributed by atoms with Crippen LogP contribution in [0.25, 0.3) is 0 Å². The van der Waals surface area contributed by atoms with E-state index in [1.54, 1.807) is 0 Å². The Labute approximate surface area is 105 Å².